The summed E-state index contributed by atoms with van der Waals surface area (Å²) >= 11 is 0. The molecule has 9 heteroatoms. The van der Waals surface area contributed by atoms with Crippen molar-refractivity contribution in [1.29, 1.82) is 0 Å². The number of nitrogens with one attached hydrogen (secondary N) is 1. The standard InChI is InChI=1S/C25H35N5O4/c1-19(2)23-20(16-28-30(23)21-8-4-7-11-26-21)24(32)34-17-22(31)27-18-25(9-5-3-6-10-25)29-12-14-33-15-13-29/h4,7-8,11,16,19H,3,5-6,9-10,12-15,17-18H2,1-2H3,(H,27,31). The minimum atomic E-state index is -0.554. The van der Waals surface area contributed by atoms with Crippen LogP contribution in [-0.2, 0) is 14.3 Å². The molecule has 2 aromatic heterocycles. The van der Waals surface area contributed by atoms with E-state index in [4.69, 9.17) is 9.47 Å². The summed E-state index contributed by atoms with van der Waals surface area (Å²) in [5.41, 5.74) is 1.03. The average Bonchev–Trinajstić information content (AvgIpc) is 3.33. The second-order valence-electron chi connectivity index (χ2n) is 9.44. The van der Waals surface area contributed by atoms with E-state index in [1.807, 2.05) is 32.0 Å². The number of morpholine rings is 1. The zero-order chi connectivity index (χ0) is 24.0. The third-order valence-corrected chi connectivity index (χ3v) is 6.85. The summed E-state index contributed by atoms with van der Waals surface area (Å²) < 4.78 is 12.6. The van der Waals surface area contributed by atoms with E-state index in [1.54, 1.807) is 10.9 Å². The third-order valence-electron chi connectivity index (χ3n) is 6.85. The van der Waals surface area contributed by atoms with Crippen molar-refractivity contribution in [3.05, 3.63) is 41.9 Å². The Kier molecular flexibility index (Phi) is 7.95. The normalized spacial score (nSPS) is 18.6. The zero-order valence-corrected chi connectivity index (χ0v) is 20.2. The quantitative estimate of drug-likeness (QED) is 0.594. The minimum absolute atomic E-state index is 0.0144. The van der Waals surface area contributed by atoms with Crippen LogP contribution in [0.5, 0.6) is 0 Å². The van der Waals surface area contributed by atoms with Gasteiger partial charge in [-0.25, -0.2) is 14.5 Å². The van der Waals surface area contributed by atoms with E-state index in [2.05, 4.69) is 20.3 Å². The van der Waals surface area contributed by atoms with Gasteiger partial charge in [0.05, 0.1) is 25.1 Å². The lowest BCUT2D eigenvalue weighted by Crippen LogP contribution is -2.59. The van der Waals surface area contributed by atoms with Crippen LogP contribution >= 0.6 is 0 Å². The largest absolute Gasteiger partial charge is 0.452 e. The maximum Gasteiger partial charge on any atom is 0.342 e. The number of rotatable bonds is 8. The Bertz CT molecular complexity index is 963. The van der Waals surface area contributed by atoms with Crippen LogP contribution in [0, 0.1) is 0 Å². The van der Waals surface area contributed by atoms with Crippen molar-refractivity contribution in [2.75, 3.05) is 39.5 Å². The van der Waals surface area contributed by atoms with Gasteiger partial charge in [-0.3, -0.25) is 9.69 Å². The molecule has 34 heavy (non-hydrogen) atoms. The maximum atomic E-state index is 12.8. The monoisotopic (exact) mass is 469 g/mol. The van der Waals surface area contributed by atoms with Crippen LogP contribution in [0.4, 0.5) is 0 Å². The minimum Gasteiger partial charge on any atom is -0.452 e. The first-order valence-electron chi connectivity index (χ1n) is 12.3. The predicted octanol–water partition coefficient (Wildman–Crippen LogP) is 2.70. The molecule has 1 saturated heterocycles. The number of carbonyl (C=O) groups is 2. The molecule has 0 aromatic carbocycles. The van der Waals surface area contributed by atoms with Gasteiger partial charge in [-0.15, -0.1) is 0 Å². The van der Waals surface area contributed by atoms with Crippen LogP contribution in [0.1, 0.15) is 67.9 Å². The van der Waals surface area contributed by atoms with Gasteiger partial charge in [0.25, 0.3) is 5.91 Å². The van der Waals surface area contributed by atoms with Crippen LogP contribution in [0.15, 0.2) is 30.6 Å². The van der Waals surface area contributed by atoms with E-state index < -0.39 is 5.97 Å². The first-order valence-corrected chi connectivity index (χ1v) is 12.3. The van der Waals surface area contributed by atoms with Gasteiger partial charge in [-0.05, 0) is 30.9 Å². The molecule has 2 aliphatic rings. The molecule has 184 valence electrons. The first-order chi connectivity index (χ1) is 16.5. The Morgan fingerprint density at radius 2 is 1.94 bits per heavy atom. The molecule has 0 unspecified atom stereocenters. The van der Waals surface area contributed by atoms with E-state index >= 15 is 0 Å². The van der Waals surface area contributed by atoms with E-state index in [1.165, 1.54) is 25.5 Å². The number of carbonyl (C=O) groups excluding carboxylic acids is 2. The van der Waals surface area contributed by atoms with Gasteiger partial charge >= 0.3 is 5.97 Å². The molecular weight excluding hydrogens is 434 g/mol. The molecular formula is C25H35N5O4. The van der Waals surface area contributed by atoms with Crippen LogP contribution in [0.3, 0.4) is 0 Å². The van der Waals surface area contributed by atoms with E-state index in [0.29, 0.717) is 23.6 Å². The third kappa shape index (κ3) is 5.47. The van der Waals surface area contributed by atoms with Crippen LogP contribution in [-0.4, -0.2) is 76.5 Å². The second kappa shape index (κ2) is 11.1. The topological polar surface area (TPSA) is 98.6 Å². The van der Waals surface area contributed by atoms with Crippen LogP contribution < -0.4 is 5.32 Å². The molecule has 2 fully saturated rings. The molecule has 2 aromatic rings. The number of amides is 1. The van der Waals surface area contributed by atoms with Gasteiger partial charge in [0.15, 0.2) is 12.4 Å². The Labute approximate surface area is 200 Å². The molecule has 0 atom stereocenters. The molecule has 1 amide bonds. The van der Waals surface area contributed by atoms with Gasteiger partial charge in [0.2, 0.25) is 0 Å². The van der Waals surface area contributed by atoms with Crippen LogP contribution in [0.25, 0.3) is 5.82 Å². The Balaban J connectivity index is 1.36. The second-order valence-corrected chi connectivity index (χ2v) is 9.44. The first kappa shape index (κ1) is 24.3. The highest BCUT2D eigenvalue weighted by Crippen LogP contribution is 2.34. The number of hydrogen-bond acceptors (Lipinski definition) is 7. The lowest BCUT2D eigenvalue weighted by atomic mass is 9.79. The van der Waals surface area contributed by atoms with Crippen LogP contribution in [0.2, 0.25) is 0 Å². The number of ether oxygens (including phenoxy) is 2. The van der Waals surface area contributed by atoms with Gasteiger partial charge in [-0.2, -0.15) is 5.10 Å². The Hall–Kier alpha value is -2.78. The van der Waals surface area contributed by atoms with E-state index in [0.717, 1.165) is 39.1 Å². The smallest absolute Gasteiger partial charge is 0.342 e. The predicted molar refractivity (Wildman–Crippen MR) is 127 cm³/mol. The Morgan fingerprint density at radius 1 is 1.18 bits per heavy atom. The highest BCUT2D eigenvalue weighted by atomic mass is 16.5. The van der Waals surface area contributed by atoms with Crippen molar-refractivity contribution in [3.63, 3.8) is 0 Å². The molecule has 0 radical (unpaired) electrons. The van der Waals surface area contributed by atoms with Crippen molar-refractivity contribution in [3.8, 4) is 5.82 Å². The van der Waals surface area contributed by atoms with Gasteiger partial charge in [0, 0.05) is 31.4 Å². The van der Waals surface area contributed by atoms with Crippen molar-refractivity contribution >= 4 is 11.9 Å². The highest BCUT2D eigenvalue weighted by Gasteiger charge is 2.38. The highest BCUT2D eigenvalue weighted by molar-refractivity contribution is 5.92. The summed E-state index contributed by atoms with van der Waals surface area (Å²) in [5.74, 6) is -0.194. The van der Waals surface area contributed by atoms with Crippen molar-refractivity contribution in [2.45, 2.75) is 57.4 Å². The molecule has 0 spiro atoms. The Morgan fingerprint density at radius 3 is 2.62 bits per heavy atom. The SMILES string of the molecule is CC(C)c1c(C(=O)OCC(=O)NCC2(N3CCOCC3)CCCCC2)cnn1-c1ccccn1. The van der Waals surface area contributed by atoms with E-state index in [-0.39, 0.29) is 24.0 Å². The fourth-order valence-corrected chi connectivity index (χ4v) is 5.11. The molecule has 3 heterocycles. The number of aromatic nitrogens is 3. The number of nitrogens with zero attached hydrogens (tertiary/aromatic N) is 4. The summed E-state index contributed by atoms with van der Waals surface area (Å²) in [4.78, 5) is 32.3. The zero-order valence-electron chi connectivity index (χ0n) is 20.2. The molecule has 0 bridgehead atoms. The molecule has 1 aliphatic carbocycles. The van der Waals surface area contributed by atoms with E-state index in [9.17, 15) is 9.59 Å². The lowest BCUT2D eigenvalue weighted by molar-refractivity contribution is -0.125. The summed E-state index contributed by atoms with van der Waals surface area (Å²) in [6.07, 6.45) is 8.87. The molecule has 1 N–H and O–H groups in total. The molecule has 4 rings (SSSR count). The van der Waals surface area contributed by atoms with Crippen molar-refractivity contribution in [2.24, 2.45) is 0 Å². The fourth-order valence-electron chi connectivity index (χ4n) is 5.11. The summed E-state index contributed by atoms with van der Waals surface area (Å²) in [6.45, 7) is 7.47. The lowest BCUT2D eigenvalue weighted by Gasteiger charge is -2.48. The maximum absolute atomic E-state index is 12.8. The van der Waals surface area contributed by atoms with Crippen molar-refractivity contribution < 1.29 is 19.1 Å². The fraction of sp³-hybridized carbons (Fsp3) is 0.600. The number of hydrogen-bond donors (Lipinski definition) is 1. The summed E-state index contributed by atoms with van der Waals surface area (Å²) in [6, 6.07) is 5.52. The van der Waals surface area contributed by atoms with Gasteiger partial charge in [0.1, 0.15) is 5.56 Å². The van der Waals surface area contributed by atoms with Crippen molar-refractivity contribution in [1.82, 2.24) is 25.0 Å². The summed E-state index contributed by atoms with van der Waals surface area (Å²) in [7, 11) is 0. The van der Waals surface area contributed by atoms with Gasteiger partial charge < -0.3 is 14.8 Å². The molecule has 1 aliphatic heterocycles. The molecule has 9 nitrogen and oxygen atoms in total. The number of pyridine rings is 1. The van der Waals surface area contributed by atoms with Gasteiger partial charge in [-0.1, -0.05) is 39.2 Å². The summed E-state index contributed by atoms with van der Waals surface area (Å²) in [5, 5.41) is 7.39. The average molecular weight is 470 g/mol. The molecule has 1 saturated carbocycles. The number of esters is 1.